The topological polar surface area (TPSA) is 22.1 Å². The molecule has 1 aromatic rings. The van der Waals surface area contributed by atoms with Gasteiger partial charge in [-0.3, -0.25) is 4.98 Å². The summed E-state index contributed by atoms with van der Waals surface area (Å²) in [6.07, 6.45) is 3.60. The van der Waals surface area contributed by atoms with Crippen molar-refractivity contribution in [3.63, 3.8) is 0 Å². The molecule has 2 heteroatoms. The quantitative estimate of drug-likeness (QED) is 0.616. The van der Waals surface area contributed by atoms with Gasteiger partial charge in [0, 0.05) is 26.1 Å². The number of nitrogens with zero attached hydrogens (tertiary/aromatic N) is 1. The van der Waals surface area contributed by atoms with E-state index in [2.05, 4.69) is 9.72 Å². The van der Waals surface area contributed by atoms with Gasteiger partial charge in [-0.2, -0.15) is 0 Å². The van der Waals surface area contributed by atoms with Gasteiger partial charge in [-0.15, -0.1) is 0 Å². The number of methoxy groups -OCH3 is 1. The monoisotopic (exact) mass is 153 g/mol. The fourth-order valence-corrected chi connectivity index (χ4v) is 0.448. The van der Waals surface area contributed by atoms with Gasteiger partial charge in [0.2, 0.25) is 0 Å². The lowest BCUT2D eigenvalue weighted by atomic mass is 10.3. The molecule has 0 saturated carbocycles. The molecule has 0 radical (unpaired) electrons. The van der Waals surface area contributed by atoms with Crippen molar-refractivity contribution < 1.29 is 4.74 Å². The Kier molecular flexibility index (Phi) is 6.64. The molecule has 1 heterocycles. The molecular formula is C9H15NO. The normalized spacial score (nSPS) is 8.27. The molecule has 62 valence electrons. The van der Waals surface area contributed by atoms with Crippen molar-refractivity contribution in [3.8, 4) is 0 Å². The first-order valence-corrected chi connectivity index (χ1v) is 3.66. The molecule has 0 fully saturated rings. The standard InChI is InChI=1S/C6H7N.C3H8O/c1-6-3-2-4-7-5-6;1-3-4-2/h2-5H,1H3;3H2,1-2H3. The lowest BCUT2D eigenvalue weighted by Gasteiger charge is -1.82. The summed E-state index contributed by atoms with van der Waals surface area (Å²) in [7, 11) is 1.68. The van der Waals surface area contributed by atoms with E-state index >= 15 is 0 Å². The SMILES string of the molecule is CCOC.Cc1cccnc1. The van der Waals surface area contributed by atoms with Crippen LogP contribution < -0.4 is 0 Å². The van der Waals surface area contributed by atoms with E-state index in [4.69, 9.17) is 0 Å². The van der Waals surface area contributed by atoms with Crippen LogP contribution in [0.2, 0.25) is 0 Å². The van der Waals surface area contributed by atoms with Gasteiger partial charge >= 0.3 is 0 Å². The third kappa shape index (κ3) is 7.00. The minimum Gasteiger partial charge on any atom is -0.385 e. The van der Waals surface area contributed by atoms with Crippen LogP contribution in [0.3, 0.4) is 0 Å². The summed E-state index contributed by atoms with van der Waals surface area (Å²) in [5.41, 5.74) is 1.21. The van der Waals surface area contributed by atoms with E-state index in [-0.39, 0.29) is 0 Å². The second kappa shape index (κ2) is 7.22. The van der Waals surface area contributed by atoms with E-state index in [1.54, 1.807) is 13.3 Å². The molecule has 0 N–H and O–H groups in total. The Bertz CT molecular complexity index is 160. The Morgan fingerprint density at radius 3 is 2.36 bits per heavy atom. The molecule has 0 atom stereocenters. The molecule has 0 saturated heterocycles. The van der Waals surface area contributed by atoms with Crippen LogP contribution in [0.5, 0.6) is 0 Å². The number of pyridine rings is 1. The molecule has 0 spiro atoms. The highest BCUT2D eigenvalue weighted by Crippen LogP contribution is 1.88. The molecule has 11 heavy (non-hydrogen) atoms. The average Bonchev–Trinajstić information content (AvgIpc) is 2.07. The van der Waals surface area contributed by atoms with Gasteiger partial charge in [0.05, 0.1) is 0 Å². The number of aryl methyl sites for hydroxylation is 1. The number of rotatable bonds is 1. The first-order valence-electron chi connectivity index (χ1n) is 3.66. The van der Waals surface area contributed by atoms with Crippen molar-refractivity contribution in [2.45, 2.75) is 13.8 Å². The predicted molar refractivity (Wildman–Crippen MR) is 46.5 cm³/mol. The van der Waals surface area contributed by atoms with E-state index in [0.29, 0.717) is 0 Å². The van der Waals surface area contributed by atoms with Crippen LogP contribution >= 0.6 is 0 Å². The highest BCUT2D eigenvalue weighted by Gasteiger charge is 1.73. The van der Waals surface area contributed by atoms with Crippen LogP contribution in [0.15, 0.2) is 24.5 Å². The van der Waals surface area contributed by atoms with Gasteiger partial charge in [-0.1, -0.05) is 6.07 Å². The minimum absolute atomic E-state index is 0.819. The smallest absolute Gasteiger partial charge is 0.0433 e. The first kappa shape index (κ1) is 10.1. The Morgan fingerprint density at radius 2 is 2.18 bits per heavy atom. The molecule has 1 aromatic heterocycles. The molecule has 0 aromatic carbocycles. The summed E-state index contributed by atoms with van der Waals surface area (Å²) < 4.78 is 4.54. The lowest BCUT2D eigenvalue weighted by Crippen LogP contribution is -1.73. The molecule has 0 unspecified atom stereocenters. The van der Waals surface area contributed by atoms with Crippen LogP contribution in [0.25, 0.3) is 0 Å². The molecule has 0 bridgehead atoms. The maximum atomic E-state index is 4.54. The Hall–Kier alpha value is -0.890. The summed E-state index contributed by atoms with van der Waals surface area (Å²) in [4.78, 5) is 3.88. The zero-order valence-electron chi connectivity index (χ0n) is 7.37. The van der Waals surface area contributed by atoms with Crippen LogP contribution in [0.4, 0.5) is 0 Å². The van der Waals surface area contributed by atoms with Crippen molar-refractivity contribution in [2.75, 3.05) is 13.7 Å². The van der Waals surface area contributed by atoms with Crippen LogP contribution in [0.1, 0.15) is 12.5 Å². The van der Waals surface area contributed by atoms with E-state index in [9.17, 15) is 0 Å². The average molecular weight is 153 g/mol. The maximum absolute atomic E-state index is 4.54. The van der Waals surface area contributed by atoms with Gasteiger partial charge in [-0.05, 0) is 25.5 Å². The maximum Gasteiger partial charge on any atom is 0.0433 e. The van der Waals surface area contributed by atoms with Crippen molar-refractivity contribution in [3.05, 3.63) is 30.1 Å². The Morgan fingerprint density at radius 1 is 1.55 bits per heavy atom. The number of hydrogen-bond donors (Lipinski definition) is 0. The third-order valence-electron chi connectivity index (χ3n) is 1.10. The summed E-state index contributed by atoms with van der Waals surface area (Å²) in [5.74, 6) is 0. The minimum atomic E-state index is 0.819. The van der Waals surface area contributed by atoms with E-state index < -0.39 is 0 Å². The summed E-state index contributed by atoms with van der Waals surface area (Å²) in [6.45, 7) is 4.80. The number of ether oxygens (including phenoxy) is 1. The zero-order valence-corrected chi connectivity index (χ0v) is 7.37. The molecule has 0 aliphatic rings. The largest absolute Gasteiger partial charge is 0.385 e. The number of hydrogen-bond acceptors (Lipinski definition) is 2. The summed E-state index contributed by atoms with van der Waals surface area (Å²) in [6, 6.07) is 3.95. The van der Waals surface area contributed by atoms with Crippen molar-refractivity contribution >= 4 is 0 Å². The second-order valence-corrected chi connectivity index (χ2v) is 2.11. The van der Waals surface area contributed by atoms with E-state index in [0.717, 1.165) is 6.61 Å². The van der Waals surface area contributed by atoms with Crippen LogP contribution in [0, 0.1) is 6.92 Å². The van der Waals surface area contributed by atoms with Crippen molar-refractivity contribution in [1.82, 2.24) is 4.98 Å². The van der Waals surface area contributed by atoms with Gasteiger partial charge < -0.3 is 4.74 Å². The molecule has 0 aliphatic heterocycles. The Labute approximate surface area is 68.2 Å². The van der Waals surface area contributed by atoms with E-state index in [1.165, 1.54) is 5.56 Å². The fourth-order valence-electron chi connectivity index (χ4n) is 0.448. The molecular weight excluding hydrogens is 138 g/mol. The lowest BCUT2D eigenvalue weighted by molar-refractivity contribution is 0.215. The third-order valence-corrected chi connectivity index (χ3v) is 1.10. The number of aromatic nitrogens is 1. The van der Waals surface area contributed by atoms with Crippen molar-refractivity contribution in [1.29, 1.82) is 0 Å². The molecule has 0 aliphatic carbocycles. The van der Waals surface area contributed by atoms with Gasteiger partial charge in [0.15, 0.2) is 0 Å². The van der Waals surface area contributed by atoms with Crippen LogP contribution in [-0.4, -0.2) is 18.7 Å². The van der Waals surface area contributed by atoms with Gasteiger partial charge in [-0.25, -0.2) is 0 Å². The van der Waals surface area contributed by atoms with Gasteiger partial charge in [0.1, 0.15) is 0 Å². The fraction of sp³-hybridized carbons (Fsp3) is 0.444. The van der Waals surface area contributed by atoms with Crippen LogP contribution in [-0.2, 0) is 4.74 Å². The first-order chi connectivity index (χ1) is 5.31. The van der Waals surface area contributed by atoms with E-state index in [1.807, 2.05) is 32.2 Å². The highest BCUT2D eigenvalue weighted by molar-refractivity contribution is 5.04. The Balaban J connectivity index is 0.000000218. The summed E-state index contributed by atoms with van der Waals surface area (Å²) in [5, 5.41) is 0. The van der Waals surface area contributed by atoms with Crippen molar-refractivity contribution in [2.24, 2.45) is 0 Å². The highest BCUT2D eigenvalue weighted by atomic mass is 16.5. The summed E-state index contributed by atoms with van der Waals surface area (Å²) >= 11 is 0. The molecule has 1 rings (SSSR count). The van der Waals surface area contributed by atoms with Gasteiger partial charge in [0.25, 0.3) is 0 Å². The predicted octanol–water partition coefficient (Wildman–Crippen LogP) is 2.04. The molecule has 2 nitrogen and oxygen atoms in total. The molecule has 0 amide bonds. The zero-order chi connectivity index (χ0) is 8.53. The second-order valence-electron chi connectivity index (χ2n) is 2.11.